The maximum atomic E-state index is 11.9. The molecule has 0 fully saturated rings. The summed E-state index contributed by atoms with van der Waals surface area (Å²) >= 11 is 5.84. The normalized spacial score (nSPS) is 11.3. The van der Waals surface area contributed by atoms with Crippen LogP contribution in [0.3, 0.4) is 0 Å². The Kier molecular flexibility index (Phi) is 5.45. The van der Waals surface area contributed by atoms with Gasteiger partial charge in [0.2, 0.25) is 0 Å². The quantitative estimate of drug-likeness (QED) is 0.251. The van der Waals surface area contributed by atoms with Gasteiger partial charge in [-0.15, -0.1) is 0 Å². The van der Waals surface area contributed by atoms with E-state index in [1.54, 1.807) is 18.2 Å². The van der Waals surface area contributed by atoms with Crippen molar-refractivity contribution < 1.29 is 10.0 Å². The first-order valence-electron chi connectivity index (χ1n) is 5.55. The lowest BCUT2D eigenvalue weighted by atomic mass is 10.1. The highest BCUT2D eigenvalue weighted by molar-refractivity contribution is 6.31. The van der Waals surface area contributed by atoms with E-state index < -0.39 is 0 Å². The Morgan fingerprint density at radius 1 is 1.56 bits per heavy atom. The lowest BCUT2D eigenvalue weighted by molar-refractivity contribution is 0.0953. The largest absolute Gasteiger partial charge is 0.409 e. The number of nitrogens with two attached hydrogens (primary N) is 1. The second-order valence-electron chi connectivity index (χ2n) is 3.91. The second-order valence-corrected chi connectivity index (χ2v) is 4.35. The van der Waals surface area contributed by atoms with Crippen LogP contribution in [0.25, 0.3) is 0 Å². The number of nitrogens with zero attached hydrogens (tertiary/aromatic N) is 1. The van der Waals surface area contributed by atoms with Gasteiger partial charge in [0, 0.05) is 23.6 Å². The highest BCUT2D eigenvalue weighted by Gasteiger charge is 2.08. The van der Waals surface area contributed by atoms with Crippen LogP contribution in [0.4, 0.5) is 0 Å². The smallest absolute Gasteiger partial charge is 0.251 e. The molecule has 0 bridgehead atoms. The zero-order valence-electron chi connectivity index (χ0n) is 10.1. The zero-order chi connectivity index (χ0) is 13.5. The molecule has 0 unspecified atom stereocenters. The predicted molar refractivity (Wildman–Crippen MR) is 71.2 cm³/mol. The van der Waals surface area contributed by atoms with E-state index in [-0.39, 0.29) is 11.7 Å². The van der Waals surface area contributed by atoms with Crippen molar-refractivity contribution in [2.24, 2.45) is 10.9 Å². The minimum atomic E-state index is -0.172. The number of amides is 1. The molecule has 18 heavy (non-hydrogen) atoms. The van der Waals surface area contributed by atoms with Crippen LogP contribution in [-0.2, 0) is 0 Å². The molecule has 1 aromatic rings. The zero-order valence-corrected chi connectivity index (χ0v) is 10.9. The molecule has 6 heteroatoms. The summed E-state index contributed by atoms with van der Waals surface area (Å²) in [7, 11) is 0. The molecule has 0 saturated carbocycles. The molecular weight excluding hydrogens is 254 g/mol. The lowest BCUT2D eigenvalue weighted by Gasteiger charge is -2.07. The fraction of sp³-hybridized carbons (Fsp3) is 0.333. The third-order valence-electron chi connectivity index (χ3n) is 2.47. The number of halogens is 1. The Hall–Kier alpha value is -1.75. The standard InChI is InChI=1S/C12H16ClN3O2/c1-8-4-5-9(13)7-10(8)12(17)15-6-2-3-11(14)16-18/h4-5,7,18H,2-3,6H2,1H3,(H2,14,16)(H,15,17). The van der Waals surface area contributed by atoms with Crippen molar-refractivity contribution in [3.63, 3.8) is 0 Å². The Bertz CT molecular complexity index is 461. The summed E-state index contributed by atoms with van der Waals surface area (Å²) in [5.41, 5.74) is 6.74. The van der Waals surface area contributed by atoms with Gasteiger partial charge in [-0.1, -0.05) is 22.8 Å². The van der Waals surface area contributed by atoms with Crippen LogP contribution < -0.4 is 11.1 Å². The summed E-state index contributed by atoms with van der Waals surface area (Å²) in [6.45, 7) is 2.31. The van der Waals surface area contributed by atoms with E-state index in [4.69, 9.17) is 22.5 Å². The highest BCUT2D eigenvalue weighted by Crippen LogP contribution is 2.15. The van der Waals surface area contributed by atoms with Crippen LogP contribution in [0.5, 0.6) is 0 Å². The fourth-order valence-electron chi connectivity index (χ4n) is 1.46. The Morgan fingerprint density at radius 2 is 2.28 bits per heavy atom. The molecule has 98 valence electrons. The van der Waals surface area contributed by atoms with Crippen LogP contribution >= 0.6 is 11.6 Å². The van der Waals surface area contributed by atoms with Crippen LogP contribution in [0.1, 0.15) is 28.8 Å². The van der Waals surface area contributed by atoms with Crippen LogP contribution in [0.2, 0.25) is 5.02 Å². The molecule has 0 aliphatic heterocycles. The van der Waals surface area contributed by atoms with Crippen molar-refractivity contribution in [2.75, 3.05) is 6.54 Å². The van der Waals surface area contributed by atoms with Gasteiger partial charge in [-0.2, -0.15) is 0 Å². The molecule has 0 spiro atoms. The lowest BCUT2D eigenvalue weighted by Crippen LogP contribution is -2.26. The highest BCUT2D eigenvalue weighted by atomic mass is 35.5. The molecule has 1 amide bonds. The summed E-state index contributed by atoms with van der Waals surface area (Å²) in [6.07, 6.45) is 1.05. The van der Waals surface area contributed by atoms with Crippen LogP contribution in [-0.4, -0.2) is 23.5 Å². The monoisotopic (exact) mass is 269 g/mol. The summed E-state index contributed by atoms with van der Waals surface area (Å²) in [6, 6.07) is 5.18. The summed E-state index contributed by atoms with van der Waals surface area (Å²) in [5, 5.41) is 14.5. The molecular formula is C12H16ClN3O2. The molecule has 0 aliphatic carbocycles. The van der Waals surface area contributed by atoms with Crippen molar-refractivity contribution in [1.82, 2.24) is 5.32 Å². The minimum absolute atomic E-state index is 0.156. The van der Waals surface area contributed by atoms with Crippen molar-refractivity contribution >= 4 is 23.3 Å². The number of carbonyl (C=O) groups excluding carboxylic acids is 1. The maximum Gasteiger partial charge on any atom is 0.251 e. The molecule has 4 N–H and O–H groups in total. The molecule has 0 saturated heterocycles. The number of nitrogens with one attached hydrogen (secondary N) is 1. The second kappa shape index (κ2) is 6.86. The number of amidine groups is 1. The van der Waals surface area contributed by atoms with Gasteiger partial charge in [-0.3, -0.25) is 4.79 Å². The van der Waals surface area contributed by atoms with E-state index in [9.17, 15) is 4.79 Å². The molecule has 0 heterocycles. The topological polar surface area (TPSA) is 87.7 Å². The molecule has 0 aromatic heterocycles. The number of carbonyl (C=O) groups is 1. The van der Waals surface area contributed by atoms with Gasteiger partial charge < -0.3 is 16.3 Å². The Morgan fingerprint density at radius 3 is 2.94 bits per heavy atom. The van der Waals surface area contributed by atoms with Gasteiger partial charge in [0.15, 0.2) is 0 Å². The molecule has 0 aliphatic rings. The van der Waals surface area contributed by atoms with Gasteiger partial charge in [0.05, 0.1) is 0 Å². The molecule has 0 radical (unpaired) electrons. The van der Waals surface area contributed by atoms with Gasteiger partial charge in [-0.05, 0) is 31.0 Å². The number of rotatable bonds is 5. The molecule has 1 rings (SSSR count). The van der Waals surface area contributed by atoms with E-state index in [1.165, 1.54) is 0 Å². The van der Waals surface area contributed by atoms with Crippen molar-refractivity contribution in [1.29, 1.82) is 0 Å². The number of aryl methyl sites for hydroxylation is 1. The molecule has 5 nitrogen and oxygen atoms in total. The first-order chi connectivity index (χ1) is 8.54. The van der Waals surface area contributed by atoms with Crippen molar-refractivity contribution in [3.05, 3.63) is 34.3 Å². The first kappa shape index (κ1) is 14.3. The van der Waals surface area contributed by atoms with Gasteiger partial charge >= 0.3 is 0 Å². The third-order valence-corrected chi connectivity index (χ3v) is 2.70. The van der Waals surface area contributed by atoms with Gasteiger partial charge in [0.25, 0.3) is 5.91 Å². The van der Waals surface area contributed by atoms with E-state index in [0.717, 1.165) is 5.56 Å². The summed E-state index contributed by atoms with van der Waals surface area (Å²) in [5.74, 6) is -0.0160. The Balaban J connectivity index is 2.48. The number of hydrogen-bond acceptors (Lipinski definition) is 3. The van der Waals surface area contributed by atoms with E-state index in [0.29, 0.717) is 30.0 Å². The average molecular weight is 270 g/mol. The first-order valence-corrected chi connectivity index (χ1v) is 5.93. The number of oxime groups is 1. The average Bonchev–Trinajstić information content (AvgIpc) is 2.36. The fourth-order valence-corrected chi connectivity index (χ4v) is 1.63. The van der Waals surface area contributed by atoms with Crippen LogP contribution in [0, 0.1) is 6.92 Å². The molecule has 0 atom stereocenters. The van der Waals surface area contributed by atoms with Crippen molar-refractivity contribution in [2.45, 2.75) is 19.8 Å². The maximum absolute atomic E-state index is 11.9. The van der Waals surface area contributed by atoms with Crippen LogP contribution in [0.15, 0.2) is 23.4 Å². The molecule has 1 aromatic carbocycles. The van der Waals surface area contributed by atoms with E-state index in [1.807, 2.05) is 6.92 Å². The minimum Gasteiger partial charge on any atom is -0.409 e. The number of benzene rings is 1. The van der Waals surface area contributed by atoms with E-state index in [2.05, 4.69) is 10.5 Å². The summed E-state index contributed by atoms with van der Waals surface area (Å²) < 4.78 is 0. The van der Waals surface area contributed by atoms with Gasteiger partial charge in [0.1, 0.15) is 5.84 Å². The van der Waals surface area contributed by atoms with E-state index >= 15 is 0 Å². The third kappa shape index (κ3) is 4.25. The summed E-state index contributed by atoms with van der Waals surface area (Å²) in [4.78, 5) is 11.9. The SMILES string of the molecule is Cc1ccc(Cl)cc1C(=O)NCCC/C(N)=N/O. The van der Waals surface area contributed by atoms with Gasteiger partial charge in [-0.25, -0.2) is 0 Å². The predicted octanol–water partition coefficient (Wildman–Crippen LogP) is 1.90. The number of hydrogen-bond donors (Lipinski definition) is 3. The Labute approximate surface area is 111 Å². The van der Waals surface area contributed by atoms with Crippen molar-refractivity contribution in [3.8, 4) is 0 Å².